The fourth-order valence-electron chi connectivity index (χ4n) is 4.59. The van der Waals surface area contributed by atoms with E-state index < -0.39 is 6.04 Å². The number of carbonyl (C=O) groups excluding carboxylic acids is 2. The average molecular weight is 449 g/mol. The van der Waals surface area contributed by atoms with Crippen molar-refractivity contribution in [3.63, 3.8) is 0 Å². The summed E-state index contributed by atoms with van der Waals surface area (Å²) in [6.45, 7) is 4.13. The molecule has 3 atom stereocenters. The van der Waals surface area contributed by atoms with Gasteiger partial charge >= 0.3 is 0 Å². The van der Waals surface area contributed by atoms with Crippen LogP contribution in [0.2, 0.25) is 0 Å². The number of nitrogens with one attached hydrogen (secondary N) is 2. The number of likely N-dealkylation sites (N-methyl/N-ethyl adjacent to an activating group) is 1. The zero-order valence-corrected chi connectivity index (χ0v) is 19.6. The monoisotopic (exact) mass is 448 g/mol. The van der Waals surface area contributed by atoms with Crippen LogP contribution in [-0.2, 0) is 4.79 Å². The summed E-state index contributed by atoms with van der Waals surface area (Å²) in [7, 11) is 2.08. The first-order chi connectivity index (χ1) is 16.1. The van der Waals surface area contributed by atoms with Crippen molar-refractivity contribution in [2.45, 2.75) is 43.7 Å². The number of nitrogens with zero attached hydrogens (tertiary/aromatic N) is 2. The van der Waals surface area contributed by atoms with E-state index in [1.165, 1.54) is 12.0 Å². The van der Waals surface area contributed by atoms with Gasteiger partial charge in [-0.3, -0.25) is 9.59 Å². The molecule has 6 nitrogen and oxygen atoms in total. The molecule has 6 heteroatoms. The van der Waals surface area contributed by atoms with E-state index in [1.54, 1.807) is 12.1 Å². The van der Waals surface area contributed by atoms with E-state index in [2.05, 4.69) is 52.9 Å². The predicted octanol–water partition coefficient (Wildman–Crippen LogP) is 2.88. The third kappa shape index (κ3) is 6.65. The summed E-state index contributed by atoms with van der Waals surface area (Å²) in [4.78, 5) is 30.1. The van der Waals surface area contributed by atoms with E-state index in [0.29, 0.717) is 23.9 Å². The summed E-state index contributed by atoms with van der Waals surface area (Å²) in [5.41, 5.74) is 2.01. The minimum absolute atomic E-state index is 0.0478. The fourth-order valence-corrected chi connectivity index (χ4v) is 4.59. The number of rotatable bonds is 10. The van der Waals surface area contributed by atoms with Crippen LogP contribution in [0.3, 0.4) is 0 Å². The van der Waals surface area contributed by atoms with Crippen molar-refractivity contribution in [3.05, 3.63) is 71.8 Å². The smallest absolute Gasteiger partial charge is 0.251 e. The Hall–Kier alpha value is -2.70. The maximum absolute atomic E-state index is 13.2. The van der Waals surface area contributed by atoms with Gasteiger partial charge in [-0.25, -0.2) is 0 Å². The van der Waals surface area contributed by atoms with Gasteiger partial charge in [0.05, 0.1) is 0 Å². The standard InChI is InChI=1S/C27H36N4O2/c1-30-16-18-31(19-17-30)27(33)24(29-26(32)22-12-6-3-7-13-22)14-8-9-15-28-25-20-23(25)21-10-4-2-5-11-21/h2-7,10-13,23-25,28H,8-9,14-20H2,1H3,(H,29,32). The normalized spacial score (nSPS) is 21.4. The van der Waals surface area contributed by atoms with Crippen molar-refractivity contribution < 1.29 is 9.59 Å². The van der Waals surface area contributed by atoms with Crippen molar-refractivity contribution in [3.8, 4) is 0 Å². The lowest BCUT2D eigenvalue weighted by Gasteiger charge is -2.34. The molecule has 1 heterocycles. The molecule has 2 aromatic rings. The molecule has 0 spiro atoms. The predicted molar refractivity (Wildman–Crippen MR) is 131 cm³/mol. The van der Waals surface area contributed by atoms with Gasteiger partial charge in [0.25, 0.3) is 5.91 Å². The van der Waals surface area contributed by atoms with Crippen LogP contribution in [0.4, 0.5) is 0 Å². The van der Waals surface area contributed by atoms with Crippen LogP contribution >= 0.6 is 0 Å². The van der Waals surface area contributed by atoms with Crippen molar-refractivity contribution in [2.24, 2.45) is 0 Å². The van der Waals surface area contributed by atoms with E-state index in [4.69, 9.17) is 0 Å². The second-order valence-corrected chi connectivity index (χ2v) is 9.33. The van der Waals surface area contributed by atoms with E-state index in [-0.39, 0.29) is 11.8 Å². The summed E-state index contributed by atoms with van der Waals surface area (Å²) >= 11 is 0. The van der Waals surface area contributed by atoms with Crippen LogP contribution in [0.5, 0.6) is 0 Å². The number of carbonyl (C=O) groups is 2. The van der Waals surface area contributed by atoms with Gasteiger partial charge < -0.3 is 20.4 Å². The van der Waals surface area contributed by atoms with Crippen LogP contribution < -0.4 is 10.6 Å². The number of unbranched alkanes of at least 4 members (excludes halogenated alkanes) is 1. The van der Waals surface area contributed by atoms with Gasteiger partial charge in [-0.05, 0) is 57.0 Å². The minimum atomic E-state index is -0.473. The first-order valence-corrected chi connectivity index (χ1v) is 12.2. The molecule has 33 heavy (non-hydrogen) atoms. The second kappa shape index (κ2) is 11.4. The molecule has 0 bridgehead atoms. The highest BCUT2D eigenvalue weighted by Gasteiger charge is 2.37. The number of amides is 2. The highest BCUT2D eigenvalue weighted by atomic mass is 16.2. The van der Waals surface area contributed by atoms with Gasteiger partial charge in [0.2, 0.25) is 5.91 Å². The molecule has 2 amide bonds. The molecule has 2 N–H and O–H groups in total. The Morgan fingerprint density at radius 1 is 0.939 bits per heavy atom. The molecule has 2 aliphatic rings. The largest absolute Gasteiger partial charge is 0.340 e. The highest BCUT2D eigenvalue weighted by molar-refractivity contribution is 5.97. The Kier molecular flexibility index (Phi) is 8.13. The summed E-state index contributed by atoms with van der Waals surface area (Å²) in [5, 5.41) is 6.67. The second-order valence-electron chi connectivity index (χ2n) is 9.33. The first kappa shape index (κ1) is 23.5. The molecule has 2 fully saturated rings. The Morgan fingerprint density at radius 3 is 2.30 bits per heavy atom. The van der Waals surface area contributed by atoms with E-state index in [0.717, 1.165) is 45.6 Å². The van der Waals surface area contributed by atoms with Gasteiger partial charge in [-0.15, -0.1) is 0 Å². The Morgan fingerprint density at radius 2 is 1.61 bits per heavy atom. The van der Waals surface area contributed by atoms with E-state index in [1.807, 2.05) is 23.1 Å². The van der Waals surface area contributed by atoms with Crippen LogP contribution in [-0.4, -0.2) is 73.5 Å². The molecule has 3 unspecified atom stereocenters. The maximum Gasteiger partial charge on any atom is 0.251 e. The fraction of sp³-hybridized carbons (Fsp3) is 0.481. The van der Waals surface area contributed by atoms with Crippen molar-refractivity contribution >= 4 is 11.8 Å². The molecule has 4 rings (SSSR count). The number of hydrogen-bond acceptors (Lipinski definition) is 4. The zero-order chi connectivity index (χ0) is 23.0. The molecular formula is C27H36N4O2. The lowest BCUT2D eigenvalue weighted by atomic mass is 10.1. The average Bonchev–Trinajstić information content (AvgIpc) is 3.64. The quantitative estimate of drug-likeness (QED) is 0.549. The molecule has 1 saturated heterocycles. The molecule has 2 aromatic carbocycles. The molecule has 0 radical (unpaired) electrons. The number of benzene rings is 2. The Bertz CT molecular complexity index is 897. The Labute approximate surface area is 197 Å². The lowest BCUT2D eigenvalue weighted by Crippen LogP contribution is -2.54. The summed E-state index contributed by atoms with van der Waals surface area (Å²) in [5.74, 6) is 0.500. The molecule has 1 aliphatic carbocycles. The van der Waals surface area contributed by atoms with Crippen molar-refractivity contribution in [2.75, 3.05) is 39.8 Å². The Balaban J connectivity index is 1.25. The maximum atomic E-state index is 13.2. The lowest BCUT2D eigenvalue weighted by molar-refractivity contribution is -0.135. The van der Waals surface area contributed by atoms with Crippen molar-refractivity contribution in [1.29, 1.82) is 0 Å². The zero-order valence-electron chi connectivity index (χ0n) is 19.6. The molecule has 1 aliphatic heterocycles. The topological polar surface area (TPSA) is 64.7 Å². The van der Waals surface area contributed by atoms with Crippen LogP contribution in [0, 0.1) is 0 Å². The summed E-state index contributed by atoms with van der Waals surface area (Å²) < 4.78 is 0. The van der Waals surface area contributed by atoms with Gasteiger partial charge in [0.1, 0.15) is 6.04 Å². The van der Waals surface area contributed by atoms with Crippen LogP contribution in [0.1, 0.15) is 47.5 Å². The van der Waals surface area contributed by atoms with E-state index >= 15 is 0 Å². The first-order valence-electron chi connectivity index (χ1n) is 12.2. The molecule has 1 saturated carbocycles. The molecule has 176 valence electrons. The van der Waals surface area contributed by atoms with E-state index in [9.17, 15) is 9.59 Å². The summed E-state index contributed by atoms with van der Waals surface area (Å²) in [6, 6.07) is 19.9. The third-order valence-corrected chi connectivity index (χ3v) is 6.80. The number of piperazine rings is 1. The van der Waals surface area contributed by atoms with Gasteiger partial charge in [0.15, 0.2) is 0 Å². The SMILES string of the molecule is CN1CCN(C(=O)C(CCCCNC2CC2c2ccccc2)NC(=O)c2ccccc2)CC1. The molecule has 0 aromatic heterocycles. The van der Waals surface area contributed by atoms with Crippen molar-refractivity contribution in [1.82, 2.24) is 20.4 Å². The van der Waals surface area contributed by atoms with Gasteiger partial charge in [-0.2, -0.15) is 0 Å². The summed E-state index contributed by atoms with van der Waals surface area (Å²) in [6.07, 6.45) is 3.75. The minimum Gasteiger partial charge on any atom is -0.340 e. The van der Waals surface area contributed by atoms with Crippen LogP contribution in [0.25, 0.3) is 0 Å². The van der Waals surface area contributed by atoms with Gasteiger partial charge in [0, 0.05) is 43.7 Å². The van der Waals surface area contributed by atoms with Gasteiger partial charge in [-0.1, -0.05) is 48.5 Å². The highest BCUT2D eigenvalue weighted by Crippen LogP contribution is 2.40. The number of hydrogen-bond donors (Lipinski definition) is 2. The van der Waals surface area contributed by atoms with Crippen LogP contribution in [0.15, 0.2) is 60.7 Å². The molecular weight excluding hydrogens is 412 g/mol. The third-order valence-electron chi connectivity index (χ3n) is 6.80.